The van der Waals surface area contributed by atoms with Crippen LogP contribution in [0, 0.1) is 6.92 Å². The average molecular weight is 312 g/mol. The normalized spacial score (nSPS) is 13.3. The summed E-state index contributed by atoms with van der Waals surface area (Å²) in [6, 6.07) is 5.27. The minimum Gasteiger partial charge on any atom is -0.316 e. The zero-order valence-electron chi connectivity index (χ0n) is 13.6. The first-order valence-electron chi connectivity index (χ1n) is 7.67. The van der Waals surface area contributed by atoms with Gasteiger partial charge in [0.25, 0.3) is 0 Å². The average Bonchev–Trinajstić information content (AvgIpc) is 2.41. The fourth-order valence-corrected chi connectivity index (χ4v) is 3.62. The van der Waals surface area contributed by atoms with E-state index < -0.39 is 10.0 Å². The van der Waals surface area contributed by atoms with Gasteiger partial charge in [0, 0.05) is 12.6 Å². The zero-order valence-corrected chi connectivity index (χ0v) is 14.4. The predicted octanol–water partition coefficient (Wildman–Crippen LogP) is 2.96. The molecule has 0 saturated carbocycles. The number of hydrogen-bond donors (Lipinski definition) is 2. The van der Waals surface area contributed by atoms with Crippen LogP contribution < -0.4 is 10.0 Å². The second-order valence-corrected chi connectivity index (χ2v) is 7.35. The number of benzene rings is 1. The smallest absolute Gasteiger partial charge is 0.240 e. The molecule has 1 atom stereocenters. The van der Waals surface area contributed by atoms with Gasteiger partial charge in [0.2, 0.25) is 10.0 Å². The Hall–Kier alpha value is -0.910. The predicted molar refractivity (Wildman–Crippen MR) is 87.9 cm³/mol. The van der Waals surface area contributed by atoms with Crippen LogP contribution in [-0.2, 0) is 16.6 Å². The van der Waals surface area contributed by atoms with Crippen LogP contribution in [0.2, 0.25) is 0 Å². The van der Waals surface area contributed by atoms with Crippen molar-refractivity contribution < 1.29 is 8.42 Å². The summed E-state index contributed by atoms with van der Waals surface area (Å²) >= 11 is 0. The van der Waals surface area contributed by atoms with Crippen molar-refractivity contribution in [3.63, 3.8) is 0 Å². The molecule has 21 heavy (non-hydrogen) atoms. The summed E-state index contributed by atoms with van der Waals surface area (Å²) in [6.07, 6.45) is 4.22. The van der Waals surface area contributed by atoms with Gasteiger partial charge < -0.3 is 5.32 Å². The Balaban J connectivity index is 2.80. The van der Waals surface area contributed by atoms with Crippen molar-refractivity contribution in [2.45, 2.75) is 63.9 Å². The maximum absolute atomic E-state index is 12.4. The molecule has 4 nitrogen and oxygen atoms in total. The molecule has 0 spiro atoms. The van der Waals surface area contributed by atoms with Crippen LogP contribution in [0.15, 0.2) is 23.1 Å². The fourth-order valence-electron chi connectivity index (χ4n) is 2.29. The van der Waals surface area contributed by atoms with Crippen LogP contribution in [0.5, 0.6) is 0 Å². The van der Waals surface area contributed by atoms with Gasteiger partial charge in [-0.3, -0.25) is 0 Å². The lowest BCUT2D eigenvalue weighted by atomic mass is 10.1. The number of hydrogen-bond acceptors (Lipinski definition) is 3. The SMILES string of the molecule is CCCCCC(C)NS(=O)(=O)c1ccc(C)c(CNC)c1. The molecule has 0 bridgehead atoms. The maximum atomic E-state index is 12.4. The van der Waals surface area contributed by atoms with Crippen molar-refractivity contribution in [2.75, 3.05) is 7.05 Å². The lowest BCUT2D eigenvalue weighted by Crippen LogP contribution is -2.32. The van der Waals surface area contributed by atoms with Crippen molar-refractivity contribution in [3.05, 3.63) is 29.3 Å². The highest BCUT2D eigenvalue weighted by Gasteiger charge is 2.18. The second-order valence-electron chi connectivity index (χ2n) is 5.64. The Kier molecular flexibility index (Phi) is 7.35. The molecule has 1 aromatic carbocycles. The maximum Gasteiger partial charge on any atom is 0.240 e. The van der Waals surface area contributed by atoms with E-state index in [-0.39, 0.29) is 6.04 Å². The number of unbranched alkanes of at least 4 members (excludes halogenated alkanes) is 2. The van der Waals surface area contributed by atoms with Gasteiger partial charge in [-0.2, -0.15) is 0 Å². The molecule has 0 radical (unpaired) electrons. The van der Waals surface area contributed by atoms with Crippen molar-refractivity contribution >= 4 is 10.0 Å². The Morgan fingerprint density at radius 2 is 1.95 bits per heavy atom. The van der Waals surface area contributed by atoms with Crippen LogP contribution in [0.1, 0.15) is 50.7 Å². The summed E-state index contributed by atoms with van der Waals surface area (Å²) in [5.41, 5.74) is 2.11. The summed E-state index contributed by atoms with van der Waals surface area (Å²) in [7, 11) is -1.58. The minimum absolute atomic E-state index is 0.0318. The van der Waals surface area contributed by atoms with Crippen LogP contribution in [0.4, 0.5) is 0 Å². The zero-order chi connectivity index (χ0) is 15.9. The van der Waals surface area contributed by atoms with E-state index in [0.717, 1.165) is 36.8 Å². The first-order chi connectivity index (χ1) is 9.90. The summed E-state index contributed by atoms with van der Waals surface area (Å²) in [5.74, 6) is 0. The Morgan fingerprint density at radius 1 is 1.24 bits per heavy atom. The molecule has 0 saturated heterocycles. The fraction of sp³-hybridized carbons (Fsp3) is 0.625. The highest BCUT2D eigenvalue weighted by molar-refractivity contribution is 7.89. The summed E-state index contributed by atoms with van der Waals surface area (Å²) in [4.78, 5) is 0.348. The molecule has 0 aromatic heterocycles. The van der Waals surface area contributed by atoms with Crippen LogP contribution in [0.25, 0.3) is 0 Å². The van der Waals surface area contributed by atoms with Crippen LogP contribution in [0.3, 0.4) is 0 Å². The molecule has 0 fully saturated rings. The highest BCUT2D eigenvalue weighted by Crippen LogP contribution is 2.16. The van der Waals surface area contributed by atoms with E-state index in [1.165, 1.54) is 0 Å². The molecular formula is C16H28N2O2S. The third kappa shape index (κ3) is 5.77. The molecule has 1 unspecified atom stereocenters. The first kappa shape index (κ1) is 18.1. The molecule has 0 amide bonds. The quantitative estimate of drug-likeness (QED) is 0.689. The number of sulfonamides is 1. The van der Waals surface area contributed by atoms with E-state index in [0.29, 0.717) is 11.4 Å². The van der Waals surface area contributed by atoms with Gasteiger partial charge in [-0.1, -0.05) is 32.3 Å². The summed E-state index contributed by atoms with van der Waals surface area (Å²) in [5, 5.41) is 3.06. The third-order valence-corrected chi connectivity index (χ3v) is 5.18. The second kappa shape index (κ2) is 8.51. The lowest BCUT2D eigenvalue weighted by Gasteiger charge is -2.15. The number of aryl methyl sites for hydroxylation is 1. The van der Waals surface area contributed by atoms with Gasteiger partial charge in [0.1, 0.15) is 0 Å². The van der Waals surface area contributed by atoms with E-state index in [9.17, 15) is 8.42 Å². The van der Waals surface area contributed by atoms with Crippen molar-refractivity contribution in [1.82, 2.24) is 10.0 Å². The molecule has 1 aromatic rings. The van der Waals surface area contributed by atoms with E-state index in [1.807, 2.05) is 27.0 Å². The molecule has 0 heterocycles. The van der Waals surface area contributed by atoms with Crippen molar-refractivity contribution in [1.29, 1.82) is 0 Å². The standard InChI is InChI=1S/C16H28N2O2S/c1-5-6-7-8-14(3)18-21(19,20)16-10-9-13(2)15(11-16)12-17-4/h9-11,14,17-18H,5-8,12H2,1-4H3. The van der Waals surface area contributed by atoms with Crippen LogP contribution >= 0.6 is 0 Å². The molecule has 2 N–H and O–H groups in total. The van der Waals surface area contributed by atoms with Gasteiger partial charge in [-0.15, -0.1) is 0 Å². The molecule has 0 aliphatic rings. The molecule has 0 aliphatic heterocycles. The van der Waals surface area contributed by atoms with Gasteiger partial charge in [-0.05, 0) is 50.6 Å². The molecule has 5 heteroatoms. The van der Waals surface area contributed by atoms with Gasteiger partial charge in [0.15, 0.2) is 0 Å². The molecule has 120 valence electrons. The highest BCUT2D eigenvalue weighted by atomic mass is 32.2. The first-order valence-corrected chi connectivity index (χ1v) is 9.15. The number of nitrogens with one attached hydrogen (secondary N) is 2. The largest absolute Gasteiger partial charge is 0.316 e. The van der Waals surface area contributed by atoms with Gasteiger partial charge >= 0.3 is 0 Å². The monoisotopic (exact) mass is 312 g/mol. The topological polar surface area (TPSA) is 58.2 Å². The van der Waals surface area contributed by atoms with Crippen LogP contribution in [-0.4, -0.2) is 21.5 Å². The van der Waals surface area contributed by atoms with Crippen molar-refractivity contribution in [3.8, 4) is 0 Å². The van der Waals surface area contributed by atoms with Crippen molar-refractivity contribution in [2.24, 2.45) is 0 Å². The summed E-state index contributed by atoms with van der Waals surface area (Å²) in [6.45, 7) is 6.73. The minimum atomic E-state index is -3.43. The Labute approximate surface area is 129 Å². The molecular weight excluding hydrogens is 284 g/mol. The third-order valence-electron chi connectivity index (χ3n) is 3.60. The Morgan fingerprint density at radius 3 is 2.57 bits per heavy atom. The van der Waals surface area contributed by atoms with E-state index in [2.05, 4.69) is 17.0 Å². The van der Waals surface area contributed by atoms with E-state index >= 15 is 0 Å². The lowest BCUT2D eigenvalue weighted by molar-refractivity contribution is 0.527. The summed E-state index contributed by atoms with van der Waals surface area (Å²) < 4.78 is 27.6. The molecule has 0 aliphatic carbocycles. The van der Waals surface area contributed by atoms with Gasteiger partial charge in [-0.25, -0.2) is 13.1 Å². The molecule has 1 rings (SSSR count). The van der Waals surface area contributed by atoms with E-state index in [4.69, 9.17) is 0 Å². The Bertz CT molecular complexity index is 541. The van der Waals surface area contributed by atoms with Gasteiger partial charge in [0.05, 0.1) is 4.90 Å². The van der Waals surface area contributed by atoms with E-state index in [1.54, 1.807) is 12.1 Å². The number of rotatable bonds is 9.